The maximum atomic E-state index is 11.6. The number of nitrogens with zero attached hydrogens (tertiary/aromatic N) is 1. The van der Waals surface area contributed by atoms with Crippen LogP contribution in [0.2, 0.25) is 0 Å². The molecule has 0 aliphatic heterocycles. The van der Waals surface area contributed by atoms with Crippen molar-refractivity contribution in [3.8, 4) is 6.07 Å². The monoisotopic (exact) mass is 196 g/mol. The number of fused-ring (bicyclic) bond motifs is 1. The van der Waals surface area contributed by atoms with Crippen molar-refractivity contribution in [1.82, 2.24) is 4.98 Å². The average Bonchev–Trinajstić information content (AvgIpc) is 2.70. The molecule has 0 unspecified atom stereocenters. The number of nitriles is 1. The van der Waals surface area contributed by atoms with Gasteiger partial charge in [0.05, 0.1) is 11.3 Å². The van der Waals surface area contributed by atoms with Gasteiger partial charge in [0.25, 0.3) is 0 Å². The van der Waals surface area contributed by atoms with E-state index in [0.29, 0.717) is 5.69 Å². The van der Waals surface area contributed by atoms with Gasteiger partial charge in [0, 0.05) is 10.9 Å². The van der Waals surface area contributed by atoms with Crippen molar-refractivity contribution < 1.29 is 4.79 Å². The molecule has 2 aromatic rings. The molecule has 3 nitrogen and oxygen atoms in total. The number of Topliss-reactive ketones (excluding diaryl/α,β-unsaturated/α-hetero) is 1. The summed E-state index contributed by atoms with van der Waals surface area (Å²) < 4.78 is 0. The molecule has 0 saturated heterocycles. The molecule has 1 N–H and O–H groups in total. The molecule has 15 heavy (non-hydrogen) atoms. The Kier molecular flexibility index (Phi) is 2.11. The molecule has 2 rings (SSSR count). The van der Waals surface area contributed by atoms with Crippen LogP contribution >= 0.6 is 0 Å². The molecule has 0 aliphatic rings. The topological polar surface area (TPSA) is 56.6 Å². The Morgan fingerprint density at radius 2 is 2.13 bits per heavy atom. The number of ketones is 1. The zero-order valence-corrected chi connectivity index (χ0v) is 7.95. The summed E-state index contributed by atoms with van der Waals surface area (Å²) in [7, 11) is 0. The summed E-state index contributed by atoms with van der Waals surface area (Å²) >= 11 is 0. The predicted octanol–water partition coefficient (Wildman–Crippen LogP) is 2.43. The number of aromatic nitrogens is 1. The first kappa shape index (κ1) is 9.22. The smallest absolute Gasteiger partial charge is 0.219 e. The Balaban J connectivity index is 2.51. The lowest BCUT2D eigenvalue weighted by molar-refractivity contribution is 0.103. The number of hydrogen-bond donors (Lipinski definition) is 1. The zero-order chi connectivity index (χ0) is 10.8. The molecule has 0 fully saturated rings. The summed E-state index contributed by atoms with van der Waals surface area (Å²) in [5, 5.41) is 9.51. The van der Waals surface area contributed by atoms with Gasteiger partial charge >= 0.3 is 0 Å². The molecule has 1 aromatic heterocycles. The fourth-order valence-corrected chi connectivity index (χ4v) is 1.41. The van der Waals surface area contributed by atoms with Gasteiger partial charge in [-0.3, -0.25) is 4.79 Å². The largest absolute Gasteiger partial charge is 0.352 e. The normalized spacial score (nSPS) is 9.80. The maximum Gasteiger partial charge on any atom is 0.219 e. The predicted molar refractivity (Wildman–Crippen MR) is 57.4 cm³/mol. The van der Waals surface area contributed by atoms with E-state index in [2.05, 4.69) is 11.6 Å². The summed E-state index contributed by atoms with van der Waals surface area (Å²) in [6.45, 7) is 3.39. The zero-order valence-electron chi connectivity index (χ0n) is 7.95. The van der Waals surface area contributed by atoms with Crippen LogP contribution in [-0.2, 0) is 0 Å². The lowest BCUT2D eigenvalue weighted by Gasteiger charge is -1.91. The summed E-state index contributed by atoms with van der Waals surface area (Å²) in [5.74, 6) is -0.353. The van der Waals surface area contributed by atoms with Crippen LogP contribution in [0.25, 0.3) is 10.9 Å². The van der Waals surface area contributed by atoms with Gasteiger partial charge < -0.3 is 4.98 Å². The fourth-order valence-electron chi connectivity index (χ4n) is 1.41. The molecule has 0 radical (unpaired) electrons. The van der Waals surface area contributed by atoms with E-state index in [-0.39, 0.29) is 11.4 Å². The SMILES string of the molecule is C=C(C#N)C(=O)c1cc2ccccc2[nH]1. The average molecular weight is 196 g/mol. The second kappa shape index (κ2) is 3.43. The molecule has 0 aliphatic carbocycles. The Hall–Kier alpha value is -2.34. The molecule has 3 heteroatoms. The summed E-state index contributed by atoms with van der Waals surface area (Å²) in [4.78, 5) is 14.5. The van der Waals surface area contributed by atoms with Gasteiger partial charge in [0.15, 0.2) is 0 Å². The molecule has 0 amide bonds. The van der Waals surface area contributed by atoms with Gasteiger partial charge in [-0.05, 0) is 12.1 Å². The van der Waals surface area contributed by atoms with Gasteiger partial charge in [0.2, 0.25) is 5.78 Å². The van der Waals surface area contributed by atoms with Crippen molar-refractivity contribution in [1.29, 1.82) is 5.26 Å². The van der Waals surface area contributed by atoms with E-state index in [1.165, 1.54) is 0 Å². The highest BCUT2D eigenvalue weighted by Crippen LogP contribution is 2.16. The Labute approximate surface area is 86.6 Å². The first-order chi connectivity index (χ1) is 7.22. The van der Waals surface area contributed by atoms with Crippen LogP contribution in [0, 0.1) is 11.3 Å². The fraction of sp³-hybridized carbons (Fsp3) is 0. The molecular weight excluding hydrogens is 188 g/mol. The Bertz CT molecular complexity index is 554. The Morgan fingerprint density at radius 1 is 1.40 bits per heavy atom. The number of carbonyl (C=O) groups is 1. The van der Waals surface area contributed by atoms with Crippen molar-refractivity contribution in [3.63, 3.8) is 0 Å². The number of rotatable bonds is 2. The third kappa shape index (κ3) is 1.53. The number of aromatic amines is 1. The molecule has 0 spiro atoms. The summed E-state index contributed by atoms with van der Waals surface area (Å²) in [5.41, 5.74) is 1.23. The number of allylic oxidation sites excluding steroid dienone is 1. The van der Waals surface area contributed by atoms with Crippen LogP contribution in [0.4, 0.5) is 0 Å². The van der Waals surface area contributed by atoms with Crippen LogP contribution in [-0.4, -0.2) is 10.8 Å². The van der Waals surface area contributed by atoms with Gasteiger partial charge in [-0.1, -0.05) is 24.8 Å². The number of para-hydroxylation sites is 1. The number of nitrogens with one attached hydrogen (secondary N) is 1. The van der Waals surface area contributed by atoms with Gasteiger partial charge in [-0.15, -0.1) is 0 Å². The first-order valence-electron chi connectivity index (χ1n) is 4.44. The van der Waals surface area contributed by atoms with E-state index in [1.807, 2.05) is 24.3 Å². The van der Waals surface area contributed by atoms with E-state index < -0.39 is 0 Å². The van der Waals surface area contributed by atoms with E-state index in [1.54, 1.807) is 12.1 Å². The molecule has 72 valence electrons. The van der Waals surface area contributed by atoms with Gasteiger partial charge in [-0.2, -0.15) is 5.26 Å². The minimum absolute atomic E-state index is 0.0541. The standard InChI is InChI=1S/C12H8N2O/c1-8(7-13)12(15)11-6-9-4-2-3-5-10(9)14-11/h2-6,14H,1H2. The second-order valence-electron chi connectivity index (χ2n) is 3.19. The van der Waals surface area contributed by atoms with Crippen molar-refractivity contribution >= 4 is 16.7 Å². The second-order valence-corrected chi connectivity index (χ2v) is 3.19. The van der Waals surface area contributed by atoms with Crippen LogP contribution in [0.5, 0.6) is 0 Å². The minimum Gasteiger partial charge on any atom is -0.352 e. The molecule has 1 aromatic carbocycles. The van der Waals surface area contributed by atoms with Crippen molar-refractivity contribution in [2.45, 2.75) is 0 Å². The molecule has 0 bridgehead atoms. The quantitative estimate of drug-likeness (QED) is 0.455. The molecular formula is C12H8N2O. The number of hydrogen-bond acceptors (Lipinski definition) is 2. The van der Waals surface area contributed by atoms with E-state index in [0.717, 1.165) is 10.9 Å². The number of H-pyrrole nitrogens is 1. The van der Waals surface area contributed by atoms with Crippen molar-refractivity contribution in [2.24, 2.45) is 0 Å². The lowest BCUT2D eigenvalue weighted by atomic mass is 10.1. The molecule has 0 atom stereocenters. The highest BCUT2D eigenvalue weighted by atomic mass is 16.1. The maximum absolute atomic E-state index is 11.6. The number of carbonyl (C=O) groups excluding carboxylic acids is 1. The van der Waals surface area contributed by atoms with Gasteiger partial charge in [-0.25, -0.2) is 0 Å². The van der Waals surface area contributed by atoms with Crippen LogP contribution in [0.3, 0.4) is 0 Å². The van der Waals surface area contributed by atoms with E-state index >= 15 is 0 Å². The molecule has 0 saturated carbocycles. The van der Waals surface area contributed by atoms with Crippen molar-refractivity contribution in [3.05, 3.63) is 48.2 Å². The summed E-state index contributed by atoms with van der Waals surface area (Å²) in [6, 6.07) is 11.0. The third-order valence-corrected chi connectivity index (χ3v) is 2.18. The highest BCUT2D eigenvalue weighted by molar-refractivity contribution is 6.11. The lowest BCUT2D eigenvalue weighted by Crippen LogP contribution is -2.00. The van der Waals surface area contributed by atoms with E-state index in [4.69, 9.17) is 5.26 Å². The first-order valence-corrected chi connectivity index (χ1v) is 4.44. The van der Waals surface area contributed by atoms with Crippen LogP contribution in [0.15, 0.2) is 42.5 Å². The third-order valence-electron chi connectivity index (χ3n) is 2.18. The van der Waals surface area contributed by atoms with Crippen LogP contribution < -0.4 is 0 Å². The summed E-state index contributed by atoms with van der Waals surface area (Å²) in [6.07, 6.45) is 0. The highest BCUT2D eigenvalue weighted by Gasteiger charge is 2.12. The van der Waals surface area contributed by atoms with E-state index in [9.17, 15) is 4.79 Å². The molecule has 1 heterocycles. The Morgan fingerprint density at radius 3 is 2.80 bits per heavy atom. The van der Waals surface area contributed by atoms with Crippen molar-refractivity contribution in [2.75, 3.05) is 0 Å². The van der Waals surface area contributed by atoms with Gasteiger partial charge in [0.1, 0.15) is 6.07 Å². The number of benzene rings is 1. The van der Waals surface area contributed by atoms with Crippen LogP contribution in [0.1, 0.15) is 10.5 Å². The minimum atomic E-state index is -0.353.